The summed E-state index contributed by atoms with van der Waals surface area (Å²) in [4.78, 5) is 0. The van der Waals surface area contributed by atoms with Gasteiger partial charge in [0.25, 0.3) is 0 Å². The van der Waals surface area contributed by atoms with E-state index >= 15 is 0 Å². The van der Waals surface area contributed by atoms with E-state index in [0.29, 0.717) is 10.2 Å². The van der Waals surface area contributed by atoms with Crippen LogP contribution in [0.3, 0.4) is 0 Å². The van der Waals surface area contributed by atoms with Gasteiger partial charge in [0.05, 0.1) is 4.47 Å². The fourth-order valence-corrected chi connectivity index (χ4v) is 2.28. The van der Waals surface area contributed by atoms with E-state index in [4.69, 9.17) is 10.5 Å². The molecular weight excluding hydrogens is 273 g/mol. The van der Waals surface area contributed by atoms with Crippen LogP contribution in [0.1, 0.15) is 20.3 Å². The number of rotatable bonds is 2. The molecule has 1 fully saturated rings. The molecule has 0 saturated heterocycles. The zero-order valence-electron chi connectivity index (χ0n) is 9.34. The average Bonchev–Trinajstić information content (AvgIpc) is 2.21. The topological polar surface area (TPSA) is 35.2 Å². The van der Waals surface area contributed by atoms with Crippen molar-refractivity contribution in [2.45, 2.75) is 32.4 Å². The Balaban J connectivity index is 2.11. The highest BCUT2D eigenvalue weighted by molar-refractivity contribution is 9.10. The molecule has 0 bridgehead atoms. The van der Waals surface area contributed by atoms with Crippen LogP contribution in [-0.4, -0.2) is 12.1 Å². The SMILES string of the molecule is CC1(C)C(N)CC1Oc1ccc(F)cc1Br. The Morgan fingerprint density at radius 1 is 1.50 bits per heavy atom. The second kappa shape index (κ2) is 4.00. The van der Waals surface area contributed by atoms with Gasteiger partial charge < -0.3 is 10.5 Å². The summed E-state index contributed by atoms with van der Waals surface area (Å²) in [6, 6.07) is 4.61. The lowest BCUT2D eigenvalue weighted by Gasteiger charge is -2.49. The van der Waals surface area contributed by atoms with Crippen LogP contribution >= 0.6 is 15.9 Å². The first-order valence-corrected chi connectivity index (χ1v) is 6.08. The summed E-state index contributed by atoms with van der Waals surface area (Å²) in [6.07, 6.45) is 0.945. The minimum absolute atomic E-state index is 0.0200. The lowest BCUT2D eigenvalue weighted by molar-refractivity contribution is -0.0404. The van der Waals surface area contributed by atoms with Crippen LogP contribution in [-0.2, 0) is 0 Å². The fourth-order valence-electron chi connectivity index (χ4n) is 1.84. The van der Waals surface area contributed by atoms with Gasteiger partial charge in [-0.25, -0.2) is 4.39 Å². The van der Waals surface area contributed by atoms with E-state index in [9.17, 15) is 4.39 Å². The van der Waals surface area contributed by atoms with Crippen molar-refractivity contribution in [2.75, 3.05) is 0 Å². The highest BCUT2D eigenvalue weighted by atomic mass is 79.9. The van der Waals surface area contributed by atoms with Crippen LogP contribution in [0.2, 0.25) is 0 Å². The van der Waals surface area contributed by atoms with Crippen LogP contribution < -0.4 is 10.5 Å². The summed E-state index contributed by atoms with van der Waals surface area (Å²) < 4.78 is 19.4. The van der Waals surface area contributed by atoms with E-state index in [0.717, 1.165) is 6.42 Å². The van der Waals surface area contributed by atoms with Crippen molar-refractivity contribution in [2.24, 2.45) is 11.1 Å². The molecule has 16 heavy (non-hydrogen) atoms. The first-order valence-electron chi connectivity index (χ1n) is 5.28. The van der Waals surface area contributed by atoms with Crippen molar-refractivity contribution in [3.8, 4) is 5.75 Å². The zero-order chi connectivity index (χ0) is 11.9. The third kappa shape index (κ3) is 1.96. The molecule has 0 heterocycles. The quantitative estimate of drug-likeness (QED) is 0.907. The molecular formula is C12H15BrFNO. The van der Waals surface area contributed by atoms with Gasteiger partial charge in [-0.1, -0.05) is 13.8 Å². The number of hydrogen-bond donors (Lipinski definition) is 1. The molecule has 2 N–H and O–H groups in total. The van der Waals surface area contributed by atoms with Gasteiger partial charge in [0.2, 0.25) is 0 Å². The molecule has 4 heteroatoms. The Morgan fingerprint density at radius 3 is 2.69 bits per heavy atom. The van der Waals surface area contributed by atoms with E-state index in [1.807, 2.05) is 0 Å². The smallest absolute Gasteiger partial charge is 0.134 e. The van der Waals surface area contributed by atoms with Gasteiger partial charge in [0.15, 0.2) is 0 Å². The van der Waals surface area contributed by atoms with Gasteiger partial charge >= 0.3 is 0 Å². The molecule has 2 atom stereocenters. The van der Waals surface area contributed by atoms with E-state index in [1.54, 1.807) is 6.07 Å². The normalized spacial score (nSPS) is 27.3. The molecule has 1 aromatic rings. The van der Waals surface area contributed by atoms with Gasteiger partial charge in [-0.3, -0.25) is 0 Å². The van der Waals surface area contributed by atoms with Gasteiger partial charge in [-0.05, 0) is 34.1 Å². The van der Waals surface area contributed by atoms with E-state index in [2.05, 4.69) is 29.8 Å². The Bertz CT molecular complexity index is 408. The molecule has 0 amide bonds. The van der Waals surface area contributed by atoms with Crippen LogP contribution in [0, 0.1) is 11.2 Å². The van der Waals surface area contributed by atoms with E-state index in [1.165, 1.54) is 12.1 Å². The van der Waals surface area contributed by atoms with E-state index in [-0.39, 0.29) is 23.4 Å². The number of nitrogens with two attached hydrogens (primary N) is 1. The highest BCUT2D eigenvalue weighted by Gasteiger charge is 2.48. The fraction of sp³-hybridized carbons (Fsp3) is 0.500. The Kier molecular flexibility index (Phi) is 2.97. The first-order chi connectivity index (χ1) is 7.41. The van der Waals surface area contributed by atoms with Crippen molar-refractivity contribution in [3.63, 3.8) is 0 Å². The Hall–Kier alpha value is -0.610. The number of benzene rings is 1. The maximum atomic E-state index is 12.9. The zero-order valence-corrected chi connectivity index (χ0v) is 10.9. The molecule has 2 unspecified atom stereocenters. The van der Waals surface area contributed by atoms with Crippen molar-refractivity contribution in [1.82, 2.24) is 0 Å². The van der Waals surface area contributed by atoms with Crippen LogP contribution in [0.25, 0.3) is 0 Å². The lowest BCUT2D eigenvalue weighted by Crippen LogP contribution is -2.60. The number of ether oxygens (including phenoxy) is 1. The summed E-state index contributed by atoms with van der Waals surface area (Å²) in [5.41, 5.74) is 5.89. The Morgan fingerprint density at radius 2 is 2.19 bits per heavy atom. The summed E-state index contributed by atoms with van der Waals surface area (Å²) >= 11 is 3.29. The van der Waals surface area contributed by atoms with Crippen LogP contribution in [0.4, 0.5) is 4.39 Å². The maximum absolute atomic E-state index is 12.9. The standard InChI is InChI=1S/C12H15BrFNO/c1-12(2)10(15)6-11(12)16-9-4-3-7(14)5-8(9)13/h3-5,10-11H,6,15H2,1-2H3. The molecule has 1 aromatic carbocycles. The highest BCUT2D eigenvalue weighted by Crippen LogP contribution is 2.42. The van der Waals surface area contributed by atoms with Crippen molar-refractivity contribution in [3.05, 3.63) is 28.5 Å². The minimum Gasteiger partial charge on any atom is -0.489 e. The van der Waals surface area contributed by atoms with Gasteiger partial charge in [-0.15, -0.1) is 0 Å². The Labute approximate surface area is 103 Å². The summed E-state index contributed by atoms with van der Waals surface area (Å²) in [5.74, 6) is 0.398. The average molecular weight is 288 g/mol. The van der Waals surface area contributed by atoms with Crippen molar-refractivity contribution in [1.29, 1.82) is 0 Å². The maximum Gasteiger partial charge on any atom is 0.134 e. The van der Waals surface area contributed by atoms with Crippen molar-refractivity contribution < 1.29 is 9.13 Å². The molecule has 1 saturated carbocycles. The molecule has 0 aromatic heterocycles. The minimum atomic E-state index is -0.274. The monoisotopic (exact) mass is 287 g/mol. The first kappa shape index (κ1) is 11.9. The molecule has 0 aliphatic heterocycles. The predicted octanol–water partition coefficient (Wildman–Crippen LogP) is 3.09. The number of halogens is 2. The van der Waals surface area contributed by atoms with E-state index < -0.39 is 0 Å². The molecule has 0 spiro atoms. The van der Waals surface area contributed by atoms with Gasteiger partial charge in [-0.2, -0.15) is 0 Å². The summed E-state index contributed by atoms with van der Waals surface area (Å²) in [6.45, 7) is 4.17. The summed E-state index contributed by atoms with van der Waals surface area (Å²) in [7, 11) is 0. The second-order valence-electron chi connectivity index (χ2n) is 4.84. The third-order valence-electron chi connectivity index (χ3n) is 3.42. The molecule has 88 valence electrons. The molecule has 1 aliphatic carbocycles. The lowest BCUT2D eigenvalue weighted by atomic mass is 9.65. The number of hydrogen-bond acceptors (Lipinski definition) is 2. The summed E-state index contributed by atoms with van der Waals surface area (Å²) in [5, 5.41) is 0. The van der Waals surface area contributed by atoms with Gasteiger partial charge in [0.1, 0.15) is 17.7 Å². The third-order valence-corrected chi connectivity index (χ3v) is 4.04. The predicted molar refractivity (Wildman–Crippen MR) is 64.9 cm³/mol. The van der Waals surface area contributed by atoms with Crippen molar-refractivity contribution >= 4 is 15.9 Å². The second-order valence-corrected chi connectivity index (χ2v) is 5.70. The molecule has 2 nitrogen and oxygen atoms in total. The van der Waals surface area contributed by atoms with Gasteiger partial charge in [0, 0.05) is 17.9 Å². The molecule has 2 rings (SSSR count). The molecule has 1 aliphatic rings. The van der Waals surface area contributed by atoms with Crippen LogP contribution in [0.15, 0.2) is 22.7 Å². The van der Waals surface area contributed by atoms with Crippen LogP contribution in [0.5, 0.6) is 5.75 Å². The largest absolute Gasteiger partial charge is 0.489 e. The molecule has 0 radical (unpaired) electrons.